The maximum absolute atomic E-state index is 12.8. The molecule has 3 aromatic rings. The Balaban J connectivity index is 1.54. The number of phenolic OH excluding ortho intramolecular Hbond substituents is 1. The second kappa shape index (κ2) is 7.07. The van der Waals surface area contributed by atoms with E-state index in [2.05, 4.69) is 10.2 Å². The van der Waals surface area contributed by atoms with E-state index in [1.807, 2.05) is 24.3 Å². The largest absolute Gasteiger partial charge is 0.505 e. The molecule has 0 spiro atoms. The Bertz CT molecular complexity index is 1170. The number of nitrogens with zero attached hydrogens (tertiary/aromatic N) is 4. The lowest BCUT2D eigenvalue weighted by Crippen LogP contribution is -2.31. The van der Waals surface area contributed by atoms with Gasteiger partial charge in [0.15, 0.2) is 0 Å². The van der Waals surface area contributed by atoms with Gasteiger partial charge in [0.2, 0.25) is 0 Å². The summed E-state index contributed by atoms with van der Waals surface area (Å²) in [6.07, 6.45) is 3.12. The fourth-order valence-corrected chi connectivity index (χ4v) is 4.21. The third-order valence-electron chi connectivity index (χ3n) is 5.77. The molecule has 1 aromatic heterocycles. The van der Waals surface area contributed by atoms with Gasteiger partial charge in [0.25, 0.3) is 11.8 Å². The van der Waals surface area contributed by atoms with Crippen LogP contribution >= 0.6 is 0 Å². The summed E-state index contributed by atoms with van der Waals surface area (Å²) < 4.78 is 0. The van der Waals surface area contributed by atoms with Gasteiger partial charge in [-0.15, -0.1) is 15.0 Å². The first-order valence-electron chi connectivity index (χ1n) is 10.0. The number of aromatic nitrogens is 3. The van der Waals surface area contributed by atoms with E-state index in [0.717, 1.165) is 18.4 Å². The van der Waals surface area contributed by atoms with E-state index in [1.165, 1.54) is 9.70 Å². The first-order chi connectivity index (χ1) is 14.6. The highest BCUT2D eigenvalue weighted by atomic mass is 16.3. The maximum atomic E-state index is 12.8. The highest BCUT2D eigenvalue weighted by molar-refractivity contribution is 6.19. The van der Waals surface area contributed by atoms with Crippen LogP contribution < -0.4 is 5.73 Å². The highest BCUT2D eigenvalue weighted by Gasteiger charge is 2.39. The summed E-state index contributed by atoms with van der Waals surface area (Å²) in [4.78, 5) is 28.2. The minimum atomic E-state index is -0.253. The van der Waals surface area contributed by atoms with E-state index in [1.54, 1.807) is 12.1 Å². The van der Waals surface area contributed by atoms with Crippen LogP contribution in [0.2, 0.25) is 0 Å². The van der Waals surface area contributed by atoms with Gasteiger partial charge in [0.1, 0.15) is 22.5 Å². The molecule has 2 amide bonds. The summed E-state index contributed by atoms with van der Waals surface area (Å²) in [6, 6.07) is 10.8. The van der Waals surface area contributed by atoms with Gasteiger partial charge in [-0.1, -0.05) is 12.1 Å². The molecule has 0 saturated heterocycles. The van der Waals surface area contributed by atoms with E-state index in [4.69, 9.17) is 5.73 Å². The quantitative estimate of drug-likeness (QED) is 0.646. The number of phenols is 1. The molecule has 0 unspecified atom stereocenters. The predicted molar refractivity (Wildman–Crippen MR) is 109 cm³/mol. The molecule has 0 fully saturated rings. The molecular weight excluding hydrogens is 382 g/mol. The molecule has 8 nitrogen and oxygen atoms in total. The van der Waals surface area contributed by atoms with Gasteiger partial charge >= 0.3 is 0 Å². The molecule has 0 radical (unpaired) electrons. The molecule has 2 aromatic carbocycles. The van der Waals surface area contributed by atoms with E-state index in [-0.39, 0.29) is 30.7 Å². The fraction of sp³-hybridized carbons (Fsp3) is 0.273. The molecule has 1 aliphatic heterocycles. The monoisotopic (exact) mass is 403 g/mol. The molecular formula is C22H21N5O3. The average molecular weight is 403 g/mol. The van der Waals surface area contributed by atoms with Crippen LogP contribution in [0.15, 0.2) is 47.5 Å². The molecule has 30 heavy (non-hydrogen) atoms. The lowest BCUT2D eigenvalue weighted by molar-refractivity contribution is -0.138. The van der Waals surface area contributed by atoms with Crippen molar-refractivity contribution in [3.8, 4) is 11.4 Å². The van der Waals surface area contributed by atoms with Crippen molar-refractivity contribution in [2.45, 2.75) is 38.8 Å². The Hall–Kier alpha value is -3.52. The van der Waals surface area contributed by atoms with Crippen molar-refractivity contribution in [3.63, 3.8) is 0 Å². The van der Waals surface area contributed by atoms with Crippen LogP contribution in [-0.2, 0) is 22.7 Å². The summed E-state index contributed by atoms with van der Waals surface area (Å²) in [5, 5.41) is 19.8. The standard InChI is InChI=1S/C22H21N5O3/c23-11-13-9-14(12-26-21(29)15-5-1-2-6-16(15)22(26)30)20(28)19(10-13)27-24-17-7-3-4-8-18(17)25-27/h3-4,7-10,28H,1-2,5-6,11-12,23H2. The number of benzene rings is 2. The molecule has 5 rings (SSSR count). The van der Waals surface area contributed by atoms with Gasteiger partial charge in [0.05, 0.1) is 6.54 Å². The van der Waals surface area contributed by atoms with E-state index < -0.39 is 0 Å². The van der Waals surface area contributed by atoms with E-state index in [0.29, 0.717) is 46.3 Å². The first-order valence-corrected chi connectivity index (χ1v) is 10.0. The van der Waals surface area contributed by atoms with Crippen LogP contribution in [0.4, 0.5) is 0 Å². The number of hydrogen-bond acceptors (Lipinski definition) is 6. The number of imide groups is 1. The van der Waals surface area contributed by atoms with Crippen molar-refractivity contribution < 1.29 is 14.7 Å². The lowest BCUT2D eigenvalue weighted by atomic mass is 9.93. The number of carbonyl (C=O) groups excluding carboxylic acids is 2. The molecule has 0 saturated carbocycles. The summed E-state index contributed by atoms with van der Waals surface area (Å²) in [7, 11) is 0. The van der Waals surface area contributed by atoms with Crippen molar-refractivity contribution in [2.24, 2.45) is 5.73 Å². The molecule has 8 heteroatoms. The molecule has 0 atom stereocenters. The zero-order valence-electron chi connectivity index (χ0n) is 16.3. The van der Waals surface area contributed by atoms with Crippen LogP contribution in [0.5, 0.6) is 5.75 Å². The third kappa shape index (κ3) is 2.88. The van der Waals surface area contributed by atoms with Crippen molar-refractivity contribution in [3.05, 3.63) is 58.7 Å². The Labute approximate surface area is 172 Å². The normalized spacial score (nSPS) is 16.6. The number of carbonyl (C=O) groups is 2. The van der Waals surface area contributed by atoms with Crippen molar-refractivity contribution in [1.82, 2.24) is 19.9 Å². The van der Waals surface area contributed by atoms with Crippen molar-refractivity contribution in [2.75, 3.05) is 0 Å². The summed E-state index contributed by atoms with van der Waals surface area (Å²) >= 11 is 0. The van der Waals surface area contributed by atoms with E-state index >= 15 is 0 Å². The number of amides is 2. The smallest absolute Gasteiger partial charge is 0.257 e. The zero-order chi connectivity index (χ0) is 20.8. The van der Waals surface area contributed by atoms with Gasteiger partial charge < -0.3 is 10.8 Å². The van der Waals surface area contributed by atoms with Crippen LogP contribution in [0.1, 0.15) is 36.8 Å². The van der Waals surface area contributed by atoms with Gasteiger partial charge in [0, 0.05) is 23.3 Å². The van der Waals surface area contributed by atoms with Gasteiger partial charge in [-0.25, -0.2) is 0 Å². The molecule has 2 aliphatic rings. The topological polar surface area (TPSA) is 114 Å². The van der Waals surface area contributed by atoms with Crippen LogP contribution in [0.3, 0.4) is 0 Å². The highest BCUT2D eigenvalue weighted by Crippen LogP contribution is 2.36. The molecule has 2 heterocycles. The predicted octanol–water partition coefficient (Wildman–Crippen LogP) is 2.32. The maximum Gasteiger partial charge on any atom is 0.257 e. The second-order valence-corrected chi connectivity index (χ2v) is 7.67. The number of hydrogen-bond donors (Lipinski definition) is 2. The van der Waals surface area contributed by atoms with Crippen LogP contribution in [-0.4, -0.2) is 36.8 Å². The van der Waals surface area contributed by atoms with Gasteiger partial charge in [-0.3, -0.25) is 14.5 Å². The zero-order valence-corrected chi connectivity index (χ0v) is 16.3. The molecule has 152 valence electrons. The number of fused-ring (bicyclic) bond motifs is 1. The van der Waals surface area contributed by atoms with E-state index in [9.17, 15) is 14.7 Å². The second-order valence-electron chi connectivity index (χ2n) is 7.67. The fourth-order valence-electron chi connectivity index (χ4n) is 4.21. The minimum absolute atomic E-state index is 0.0157. The SMILES string of the molecule is NCc1cc(CN2C(=O)C3=C(CCCC3)C2=O)c(O)c(-n2nc3ccccc3n2)c1. The number of aromatic hydroxyl groups is 1. The molecule has 3 N–H and O–H groups in total. The first kappa shape index (κ1) is 18.5. The Morgan fingerprint density at radius 2 is 1.57 bits per heavy atom. The van der Waals surface area contributed by atoms with Crippen molar-refractivity contribution in [1.29, 1.82) is 0 Å². The lowest BCUT2D eigenvalue weighted by Gasteiger charge is -2.18. The Morgan fingerprint density at radius 1 is 0.967 bits per heavy atom. The Kier molecular flexibility index (Phi) is 4.36. The molecule has 1 aliphatic carbocycles. The number of rotatable bonds is 4. The summed E-state index contributed by atoms with van der Waals surface area (Å²) in [5.41, 5.74) is 10.0. The average Bonchev–Trinajstić information content (AvgIpc) is 3.30. The van der Waals surface area contributed by atoms with Crippen LogP contribution in [0, 0.1) is 0 Å². The van der Waals surface area contributed by atoms with Gasteiger partial charge in [-0.2, -0.15) is 0 Å². The third-order valence-corrected chi connectivity index (χ3v) is 5.77. The molecule has 0 bridgehead atoms. The van der Waals surface area contributed by atoms with Crippen molar-refractivity contribution >= 4 is 22.8 Å². The minimum Gasteiger partial charge on any atom is -0.505 e. The summed E-state index contributed by atoms with van der Waals surface area (Å²) in [5.74, 6) is -0.577. The summed E-state index contributed by atoms with van der Waals surface area (Å²) in [6.45, 7) is 0.218. The Morgan fingerprint density at radius 3 is 2.13 bits per heavy atom. The number of nitrogens with two attached hydrogens (primary N) is 1. The van der Waals surface area contributed by atoms with Crippen LogP contribution in [0.25, 0.3) is 16.7 Å². The van der Waals surface area contributed by atoms with Gasteiger partial charge in [-0.05, 0) is 55.5 Å².